The highest BCUT2D eigenvalue weighted by Crippen LogP contribution is 2.13. The van der Waals surface area contributed by atoms with E-state index in [1.807, 2.05) is 6.08 Å². The lowest BCUT2D eigenvalue weighted by atomic mass is 10.1. The SMILES string of the molecule is C=CC[C@H](CC)N[C@H](C)c1ccccc1. The van der Waals surface area contributed by atoms with E-state index in [-0.39, 0.29) is 0 Å². The van der Waals surface area contributed by atoms with Crippen molar-refractivity contribution in [3.8, 4) is 0 Å². The molecule has 0 aliphatic carbocycles. The highest BCUT2D eigenvalue weighted by Gasteiger charge is 2.09. The van der Waals surface area contributed by atoms with Gasteiger partial charge in [-0.3, -0.25) is 0 Å². The van der Waals surface area contributed by atoms with Crippen molar-refractivity contribution in [2.75, 3.05) is 0 Å². The largest absolute Gasteiger partial charge is 0.307 e. The first-order chi connectivity index (χ1) is 7.27. The minimum atomic E-state index is 0.413. The lowest BCUT2D eigenvalue weighted by molar-refractivity contribution is 0.445. The first-order valence-corrected chi connectivity index (χ1v) is 5.69. The van der Waals surface area contributed by atoms with Gasteiger partial charge in [0.1, 0.15) is 0 Å². The van der Waals surface area contributed by atoms with Crippen LogP contribution in [0, 0.1) is 0 Å². The first kappa shape index (κ1) is 12.0. The Morgan fingerprint density at radius 1 is 1.33 bits per heavy atom. The fourth-order valence-corrected chi connectivity index (χ4v) is 1.75. The summed E-state index contributed by atoms with van der Waals surface area (Å²) in [4.78, 5) is 0. The van der Waals surface area contributed by atoms with Crippen LogP contribution in [-0.4, -0.2) is 6.04 Å². The molecular formula is C14H21N. The highest BCUT2D eigenvalue weighted by molar-refractivity contribution is 5.18. The number of hydrogen-bond donors (Lipinski definition) is 1. The Kier molecular flexibility index (Phi) is 5.13. The van der Waals surface area contributed by atoms with Crippen LogP contribution in [0.3, 0.4) is 0 Å². The molecule has 0 saturated heterocycles. The average molecular weight is 203 g/mol. The molecule has 0 aliphatic rings. The third kappa shape index (κ3) is 3.88. The maximum atomic E-state index is 3.79. The third-order valence-corrected chi connectivity index (χ3v) is 2.73. The number of benzene rings is 1. The van der Waals surface area contributed by atoms with Gasteiger partial charge in [-0.05, 0) is 25.3 Å². The molecule has 0 aliphatic heterocycles. The lowest BCUT2D eigenvalue weighted by Crippen LogP contribution is -2.30. The molecule has 0 amide bonds. The second-order valence-corrected chi connectivity index (χ2v) is 3.93. The zero-order valence-electron chi connectivity index (χ0n) is 9.74. The Bertz CT molecular complexity index is 279. The van der Waals surface area contributed by atoms with Crippen LogP contribution in [0.4, 0.5) is 0 Å². The van der Waals surface area contributed by atoms with Gasteiger partial charge in [-0.25, -0.2) is 0 Å². The molecular weight excluding hydrogens is 182 g/mol. The summed E-state index contributed by atoms with van der Waals surface area (Å²) in [6.45, 7) is 8.21. The van der Waals surface area contributed by atoms with Crippen molar-refractivity contribution < 1.29 is 0 Å². The minimum absolute atomic E-state index is 0.413. The molecule has 0 spiro atoms. The number of hydrogen-bond acceptors (Lipinski definition) is 1. The summed E-state index contributed by atoms with van der Waals surface area (Å²) in [5.74, 6) is 0. The summed E-state index contributed by atoms with van der Waals surface area (Å²) in [5, 5.41) is 3.61. The summed E-state index contributed by atoms with van der Waals surface area (Å²) in [5.41, 5.74) is 1.35. The van der Waals surface area contributed by atoms with Gasteiger partial charge in [0.25, 0.3) is 0 Å². The Labute approximate surface area is 93.2 Å². The maximum Gasteiger partial charge on any atom is 0.0294 e. The fourth-order valence-electron chi connectivity index (χ4n) is 1.75. The third-order valence-electron chi connectivity index (χ3n) is 2.73. The lowest BCUT2D eigenvalue weighted by Gasteiger charge is -2.21. The summed E-state index contributed by atoms with van der Waals surface area (Å²) in [6, 6.07) is 11.5. The molecule has 15 heavy (non-hydrogen) atoms. The molecule has 0 bridgehead atoms. The number of rotatable bonds is 6. The molecule has 1 N–H and O–H groups in total. The first-order valence-electron chi connectivity index (χ1n) is 5.69. The van der Waals surface area contributed by atoms with Gasteiger partial charge >= 0.3 is 0 Å². The molecule has 1 nitrogen and oxygen atoms in total. The van der Waals surface area contributed by atoms with E-state index in [0.717, 1.165) is 12.8 Å². The van der Waals surface area contributed by atoms with Gasteiger partial charge in [-0.2, -0.15) is 0 Å². The van der Waals surface area contributed by atoms with Crippen LogP contribution in [0.5, 0.6) is 0 Å². The van der Waals surface area contributed by atoms with Crippen molar-refractivity contribution in [3.05, 3.63) is 48.6 Å². The fraction of sp³-hybridized carbons (Fsp3) is 0.429. The smallest absolute Gasteiger partial charge is 0.0294 e. The van der Waals surface area contributed by atoms with E-state index >= 15 is 0 Å². The predicted molar refractivity (Wildman–Crippen MR) is 66.9 cm³/mol. The summed E-state index contributed by atoms with van der Waals surface area (Å²) in [7, 11) is 0. The van der Waals surface area contributed by atoms with E-state index in [1.165, 1.54) is 5.56 Å². The second-order valence-electron chi connectivity index (χ2n) is 3.93. The van der Waals surface area contributed by atoms with E-state index in [1.54, 1.807) is 0 Å². The Balaban J connectivity index is 2.54. The molecule has 0 heterocycles. The van der Waals surface area contributed by atoms with Crippen LogP contribution in [0.25, 0.3) is 0 Å². The van der Waals surface area contributed by atoms with Crippen LogP contribution < -0.4 is 5.32 Å². The Morgan fingerprint density at radius 3 is 2.53 bits per heavy atom. The van der Waals surface area contributed by atoms with Gasteiger partial charge in [-0.15, -0.1) is 6.58 Å². The van der Waals surface area contributed by atoms with E-state index in [9.17, 15) is 0 Å². The van der Waals surface area contributed by atoms with Gasteiger partial charge < -0.3 is 5.32 Å². The van der Waals surface area contributed by atoms with Crippen LogP contribution in [-0.2, 0) is 0 Å². The predicted octanol–water partition coefficient (Wildman–Crippen LogP) is 3.69. The van der Waals surface area contributed by atoms with Gasteiger partial charge in [0, 0.05) is 12.1 Å². The van der Waals surface area contributed by atoms with E-state index < -0.39 is 0 Å². The second kappa shape index (κ2) is 6.41. The van der Waals surface area contributed by atoms with Crippen LogP contribution in [0.15, 0.2) is 43.0 Å². The normalized spacial score (nSPS) is 14.5. The van der Waals surface area contributed by atoms with Gasteiger partial charge in [-0.1, -0.05) is 43.3 Å². The topological polar surface area (TPSA) is 12.0 Å². The molecule has 0 unspecified atom stereocenters. The van der Waals surface area contributed by atoms with Crippen molar-refractivity contribution in [2.45, 2.75) is 38.8 Å². The van der Waals surface area contributed by atoms with Crippen LogP contribution in [0.2, 0.25) is 0 Å². The summed E-state index contributed by atoms with van der Waals surface area (Å²) >= 11 is 0. The van der Waals surface area contributed by atoms with Crippen molar-refractivity contribution in [1.29, 1.82) is 0 Å². The standard InChI is InChI=1S/C14H21N/c1-4-9-14(5-2)15-12(3)13-10-7-6-8-11-13/h4,6-8,10-12,14-15H,1,5,9H2,2-3H3/t12-,14+/m1/s1. The minimum Gasteiger partial charge on any atom is -0.307 e. The molecule has 1 rings (SSSR count). The maximum absolute atomic E-state index is 3.79. The van der Waals surface area contributed by atoms with E-state index in [2.05, 4.69) is 56.1 Å². The van der Waals surface area contributed by atoms with Crippen molar-refractivity contribution in [1.82, 2.24) is 5.32 Å². The molecule has 1 aromatic rings. The van der Waals surface area contributed by atoms with Gasteiger partial charge in [0.15, 0.2) is 0 Å². The van der Waals surface area contributed by atoms with Gasteiger partial charge in [0.05, 0.1) is 0 Å². The molecule has 0 radical (unpaired) electrons. The molecule has 0 fully saturated rings. The Morgan fingerprint density at radius 2 is 2.00 bits per heavy atom. The molecule has 0 saturated carbocycles. The Hall–Kier alpha value is -1.08. The van der Waals surface area contributed by atoms with Crippen molar-refractivity contribution >= 4 is 0 Å². The average Bonchev–Trinajstić information content (AvgIpc) is 2.29. The number of nitrogens with one attached hydrogen (secondary N) is 1. The molecule has 82 valence electrons. The molecule has 2 atom stereocenters. The monoisotopic (exact) mass is 203 g/mol. The van der Waals surface area contributed by atoms with Gasteiger partial charge in [0.2, 0.25) is 0 Å². The van der Waals surface area contributed by atoms with E-state index in [0.29, 0.717) is 12.1 Å². The zero-order chi connectivity index (χ0) is 11.1. The van der Waals surface area contributed by atoms with Crippen LogP contribution in [0.1, 0.15) is 38.3 Å². The zero-order valence-corrected chi connectivity index (χ0v) is 9.74. The van der Waals surface area contributed by atoms with E-state index in [4.69, 9.17) is 0 Å². The van der Waals surface area contributed by atoms with Crippen molar-refractivity contribution in [2.24, 2.45) is 0 Å². The molecule has 0 aromatic heterocycles. The highest BCUT2D eigenvalue weighted by atomic mass is 14.9. The molecule has 1 heteroatoms. The summed E-state index contributed by atoms with van der Waals surface area (Å²) < 4.78 is 0. The molecule has 1 aromatic carbocycles. The van der Waals surface area contributed by atoms with Crippen molar-refractivity contribution in [3.63, 3.8) is 0 Å². The quantitative estimate of drug-likeness (QED) is 0.695. The van der Waals surface area contributed by atoms with Crippen LogP contribution >= 0.6 is 0 Å². The summed E-state index contributed by atoms with van der Waals surface area (Å²) in [6.07, 6.45) is 4.16.